The van der Waals surface area contributed by atoms with Gasteiger partial charge in [0.25, 0.3) is 0 Å². The van der Waals surface area contributed by atoms with Gasteiger partial charge in [0.05, 0.1) is 0 Å². The van der Waals surface area contributed by atoms with Crippen LogP contribution in [0.15, 0.2) is 54.7 Å². The van der Waals surface area contributed by atoms with Crippen molar-refractivity contribution in [2.24, 2.45) is 0 Å². The first kappa shape index (κ1) is 13.4. The average molecular weight is 291 g/mol. The van der Waals surface area contributed by atoms with Gasteiger partial charge in [-0.1, -0.05) is 24.3 Å². The third kappa shape index (κ3) is 2.60. The van der Waals surface area contributed by atoms with Crippen LogP contribution in [0.5, 0.6) is 0 Å². The van der Waals surface area contributed by atoms with Crippen molar-refractivity contribution in [3.05, 3.63) is 65.9 Å². The lowest BCUT2D eigenvalue weighted by molar-refractivity contribution is 0.588. The lowest BCUT2D eigenvalue weighted by atomic mass is 10.0. The van der Waals surface area contributed by atoms with E-state index in [1.54, 1.807) is 0 Å². The van der Waals surface area contributed by atoms with Gasteiger partial charge in [-0.3, -0.25) is 0 Å². The Hall–Kier alpha value is -2.26. The molecule has 0 amide bonds. The van der Waals surface area contributed by atoms with Gasteiger partial charge in [-0.15, -0.1) is 0 Å². The van der Waals surface area contributed by atoms with Crippen LogP contribution in [-0.4, -0.2) is 31.2 Å². The van der Waals surface area contributed by atoms with E-state index in [1.807, 2.05) is 6.20 Å². The Kier molecular flexibility index (Phi) is 3.57. The predicted octanol–water partition coefficient (Wildman–Crippen LogP) is 3.17. The van der Waals surface area contributed by atoms with E-state index in [9.17, 15) is 0 Å². The molecule has 112 valence electrons. The van der Waals surface area contributed by atoms with Gasteiger partial charge < -0.3 is 15.2 Å². The van der Waals surface area contributed by atoms with Crippen LogP contribution < -0.4 is 10.2 Å². The van der Waals surface area contributed by atoms with Crippen LogP contribution in [0.2, 0.25) is 0 Å². The van der Waals surface area contributed by atoms with Crippen LogP contribution in [0, 0.1) is 0 Å². The minimum atomic E-state index is 0.987. The van der Waals surface area contributed by atoms with E-state index < -0.39 is 0 Å². The number of rotatable bonds is 3. The number of aromatic nitrogens is 1. The maximum absolute atomic E-state index is 3.43. The van der Waals surface area contributed by atoms with Crippen molar-refractivity contribution in [3.8, 4) is 0 Å². The Balaban J connectivity index is 1.64. The molecule has 4 rings (SSSR count). The number of piperazine rings is 1. The third-order valence-electron chi connectivity index (χ3n) is 4.46. The molecule has 0 bridgehead atoms. The van der Waals surface area contributed by atoms with Gasteiger partial charge in [0, 0.05) is 43.6 Å². The Bertz CT molecular complexity index is 769. The van der Waals surface area contributed by atoms with Gasteiger partial charge in [-0.05, 0) is 47.2 Å². The van der Waals surface area contributed by atoms with E-state index in [1.165, 1.54) is 27.7 Å². The molecular formula is C19H21N3. The lowest BCUT2D eigenvalue weighted by Crippen LogP contribution is -2.43. The number of hydrogen-bond acceptors (Lipinski definition) is 2. The van der Waals surface area contributed by atoms with Crippen molar-refractivity contribution >= 4 is 16.6 Å². The Morgan fingerprint density at radius 2 is 1.82 bits per heavy atom. The summed E-state index contributed by atoms with van der Waals surface area (Å²) in [5, 5.41) is 4.71. The maximum atomic E-state index is 3.43. The van der Waals surface area contributed by atoms with Gasteiger partial charge >= 0.3 is 0 Å². The summed E-state index contributed by atoms with van der Waals surface area (Å²) in [5.41, 5.74) is 5.38. The van der Waals surface area contributed by atoms with Crippen molar-refractivity contribution in [3.63, 3.8) is 0 Å². The predicted molar refractivity (Wildman–Crippen MR) is 92.6 cm³/mol. The minimum Gasteiger partial charge on any atom is -0.369 e. The Morgan fingerprint density at radius 3 is 2.73 bits per heavy atom. The number of nitrogens with one attached hydrogen (secondary N) is 2. The molecule has 1 aliphatic rings. The summed E-state index contributed by atoms with van der Waals surface area (Å²) in [6, 6.07) is 17.7. The van der Waals surface area contributed by atoms with Gasteiger partial charge in [-0.25, -0.2) is 0 Å². The molecule has 1 fully saturated rings. The fourth-order valence-electron chi connectivity index (χ4n) is 3.31. The van der Waals surface area contributed by atoms with Crippen LogP contribution in [0.4, 0.5) is 5.69 Å². The zero-order valence-electron chi connectivity index (χ0n) is 12.7. The van der Waals surface area contributed by atoms with Gasteiger partial charge in [0.15, 0.2) is 0 Å². The minimum absolute atomic E-state index is 0.987. The molecule has 0 radical (unpaired) electrons. The smallest absolute Gasteiger partial charge is 0.0454 e. The third-order valence-corrected chi connectivity index (χ3v) is 4.46. The molecule has 1 saturated heterocycles. The number of benzene rings is 2. The second-order valence-electron chi connectivity index (χ2n) is 5.94. The lowest BCUT2D eigenvalue weighted by Gasteiger charge is -2.31. The standard InChI is InChI=1S/C19H21N3/c1-2-4-19(22-11-9-20-10-12-22)17(3-1)14-15-5-6-18-16(13-15)7-8-21-18/h1-8,13,20-21H,9-12,14H2. The maximum Gasteiger partial charge on any atom is 0.0454 e. The molecule has 1 aromatic heterocycles. The first-order chi connectivity index (χ1) is 10.9. The van der Waals surface area contributed by atoms with E-state index in [0.29, 0.717) is 0 Å². The molecule has 0 saturated carbocycles. The molecule has 2 heterocycles. The van der Waals surface area contributed by atoms with E-state index in [0.717, 1.165) is 32.6 Å². The fraction of sp³-hybridized carbons (Fsp3) is 0.263. The van der Waals surface area contributed by atoms with Crippen LogP contribution in [0.25, 0.3) is 10.9 Å². The van der Waals surface area contributed by atoms with Crippen molar-refractivity contribution < 1.29 is 0 Å². The van der Waals surface area contributed by atoms with Crippen LogP contribution in [0.3, 0.4) is 0 Å². The Morgan fingerprint density at radius 1 is 0.955 bits per heavy atom. The van der Waals surface area contributed by atoms with Crippen LogP contribution >= 0.6 is 0 Å². The molecule has 2 aromatic carbocycles. The molecule has 1 aliphatic heterocycles. The highest BCUT2D eigenvalue weighted by molar-refractivity contribution is 5.80. The normalized spacial score (nSPS) is 15.4. The second kappa shape index (κ2) is 5.85. The number of anilines is 1. The average Bonchev–Trinajstić information content (AvgIpc) is 3.04. The molecular weight excluding hydrogens is 270 g/mol. The van der Waals surface area contributed by atoms with Gasteiger partial charge in [0.1, 0.15) is 0 Å². The summed E-state index contributed by atoms with van der Waals surface area (Å²) in [7, 11) is 0. The molecule has 0 aliphatic carbocycles. The molecule has 0 atom stereocenters. The number of nitrogens with zero attached hydrogens (tertiary/aromatic N) is 1. The molecule has 2 N–H and O–H groups in total. The summed E-state index contributed by atoms with van der Waals surface area (Å²) in [6.07, 6.45) is 2.99. The van der Waals surface area contributed by atoms with E-state index >= 15 is 0 Å². The topological polar surface area (TPSA) is 31.1 Å². The molecule has 0 unspecified atom stereocenters. The van der Waals surface area contributed by atoms with E-state index in [2.05, 4.69) is 63.7 Å². The summed E-state index contributed by atoms with van der Waals surface area (Å²) >= 11 is 0. The van der Waals surface area contributed by atoms with E-state index in [4.69, 9.17) is 0 Å². The van der Waals surface area contributed by atoms with E-state index in [-0.39, 0.29) is 0 Å². The second-order valence-corrected chi connectivity index (χ2v) is 5.94. The number of aromatic amines is 1. The highest BCUT2D eigenvalue weighted by atomic mass is 15.2. The summed E-state index contributed by atoms with van der Waals surface area (Å²) in [6.45, 7) is 4.33. The number of para-hydroxylation sites is 1. The summed E-state index contributed by atoms with van der Waals surface area (Å²) in [4.78, 5) is 5.76. The molecule has 22 heavy (non-hydrogen) atoms. The summed E-state index contributed by atoms with van der Waals surface area (Å²) < 4.78 is 0. The van der Waals surface area contributed by atoms with Crippen molar-refractivity contribution in [2.75, 3.05) is 31.1 Å². The quantitative estimate of drug-likeness (QED) is 0.776. The molecule has 0 spiro atoms. The first-order valence-electron chi connectivity index (χ1n) is 8.00. The van der Waals surface area contributed by atoms with Crippen LogP contribution in [0.1, 0.15) is 11.1 Å². The molecule has 3 aromatic rings. The number of fused-ring (bicyclic) bond motifs is 1. The highest BCUT2D eigenvalue weighted by Gasteiger charge is 2.13. The zero-order valence-corrected chi connectivity index (χ0v) is 12.7. The highest BCUT2D eigenvalue weighted by Crippen LogP contribution is 2.25. The largest absolute Gasteiger partial charge is 0.369 e. The molecule has 3 nitrogen and oxygen atoms in total. The number of H-pyrrole nitrogens is 1. The van der Waals surface area contributed by atoms with Gasteiger partial charge in [-0.2, -0.15) is 0 Å². The monoisotopic (exact) mass is 291 g/mol. The molecule has 3 heteroatoms. The first-order valence-corrected chi connectivity index (χ1v) is 8.00. The summed E-state index contributed by atoms with van der Waals surface area (Å²) in [5.74, 6) is 0. The SMILES string of the molecule is c1ccc(N2CCNCC2)c(Cc2ccc3[nH]ccc3c2)c1. The number of hydrogen-bond donors (Lipinski definition) is 2. The van der Waals surface area contributed by atoms with Crippen molar-refractivity contribution in [2.45, 2.75) is 6.42 Å². The Labute approximate surface area is 131 Å². The van der Waals surface area contributed by atoms with Gasteiger partial charge in [0.2, 0.25) is 0 Å². The van der Waals surface area contributed by atoms with Crippen LogP contribution in [-0.2, 0) is 6.42 Å². The fourth-order valence-corrected chi connectivity index (χ4v) is 3.31. The zero-order chi connectivity index (χ0) is 14.8. The van der Waals surface area contributed by atoms with Crippen molar-refractivity contribution in [1.29, 1.82) is 0 Å². The van der Waals surface area contributed by atoms with Crippen molar-refractivity contribution in [1.82, 2.24) is 10.3 Å².